The summed E-state index contributed by atoms with van der Waals surface area (Å²) >= 11 is 0. The van der Waals surface area contributed by atoms with Crippen molar-refractivity contribution in [1.29, 1.82) is 0 Å². The van der Waals surface area contributed by atoms with E-state index in [1.165, 1.54) is 19.3 Å². The predicted octanol–water partition coefficient (Wildman–Crippen LogP) is 3.18. The van der Waals surface area contributed by atoms with Gasteiger partial charge < -0.3 is 0 Å². The van der Waals surface area contributed by atoms with Crippen molar-refractivity contribution in [2.75, 3.05) is 0 Å². The highest BCUT2D eigenvalue weighted by Crippen LogP contribution is 2.69. The van der Waals surface area contributed by atoms with Gasteiger partial charge in [0.25, 0.3) is 0 Å². The molecule has 4 bridgehead atoms. The van der Waals surface area contributed by atoms with E-state index in [1.807, 2.05) is 0 Å². The summed E-state index contributed by atoms with van der Waals surface area (Å²) in [6.07, 6.45) is 4.86. The Hall–Kier alpha value is -0.230. The molecule has 0 aromatic heterocycles. The van der Waals surface area contributed by atoms with Crippen molar-refractivity contribution in [3.8, 4) is 0 Å². The molecule has 0 aliphatic heterocycles. The lowest BCUT2D eigenvalue weighted by atomic mass is 9.67. The van der Waals surface area contributed by atoms with Gasteiger partial charge in [-0.05, 0) is 73.5 Å². The molecule has 4 fully saturated rings. The summed E-state index contributed by atoms with van der Waals surface area (Å²) in [5.74, 6) is 3.38. The summed E-state index contributed by atoms with van der Waals surface area (Å²) in [7, 11) is -5.27. The van der Waals surface area contributed by atoms with Gasteiger partial charge in [-0.25, -0.2) is 0 Å². The molecule has 4 aliphatic carbocycles. The quantitative estimate of drug-likeness (QED) is 0.643. The van der Waals surface area contributed by atoms with Crippen LogP contribution in [0.3, 0.4) is 0 Å². The van der Waals surface area contributed by atoms with Crippen LogP contribution < -0.4 is 0 Å². The summed E-state index contributed by atoms with van der Waals surface area (Å²) in [5, 5.41) is -3.98. The lowest BCUT2D eigenvalue weighted by molar-refractivity contribution is 0.0185. The standard InChI is InChI=1S/C14H20F2O3S/c15-14(16,20(17,18)19)6-10-4-9-5-11(10)13-8-2-1-7(3-8)12(9)13/h7-13H,1-6H2,(H,17,18,19). The molecule has 0 heterocycles. The first-order chi connectivity index (χ1) is 9.28. The van der Waals surface area contributed by atoms with Gasteiger partial charge in [0.2, 0.25) is 0 Å². The van der Waals surface area contributed by atoms with E-state index >= 15 is 0 Å². The SMILES string of the molecule is O=S(=O)(O)C(F)(F)CC1CC2CC1C1C3CCC(C3)C21. The first-order valence-electron chi connectivity index (χ1n) is 7.63. The van der Waals surface area contributed by atoms with Gasteiger partial charge in [0.1, 0.15) is 0 Å². The van der Waals surface area contributed by atoms with Gasteiger partial charge in [-0.3, -0.25) is 4.55 Å². The molecule has 4 aliphatic rings. The fourth-order valence-electron chi connectivity index (χ4n) is 6.35. The summed E-state index contributed by atoms with van der Waals surface area (Å²) in [4.78, 5) is 0. The molecule has 0 aromatic carbocycles. The van der Waals surface area contributed by atoms with E-state index in [2.05, 4.69) is 0 Å². The Balaban J connectivity index is 1.54. The zero-order valence-corrected chi connectivity index (χ0v) is 12.0. The maximum Gasteiger partial charge on any atom is 0.370 e. The average Bonchev–Trinajstić information content (AvgIpc) is 3.04. The fourth-order valence-corrected chi connectivity index (χ4v) is 6.77. The second-order valence-corrected chi connectivity index (χ2v) is 9.01. The first kappa shape index (κ1) is 13.4. The largest absolute Gasteiger partial charge is 0.370 e. The van der Waals surface area contributed by atoms with Crippen molar-refractivity contribution < 1.29 is 21.8 Å². The van der Waals surface area contributed by atoms with Crippen LogP contribution in [0.2, 0.25) is 0 Å². The topological polar surface area (TPSA) is 54.4 Å². The monoisotopic (exact) mass is 306 g/mol. The van der Waals surface area contributed by atoms with Crippen LogP contribution in [0, 0.1) is 41.4 Å². The molecule has 7 atom stereocenters. The molecule has 0 spiro atoms. The smallest absolute Gasteiger partial charge is 0.281 e. The molecule has 0 radical (unpaired) electrons. The van der Waals surface area contributed by atoms with Gasteiger partial charge in [0, 0.05) is 6.42 Å². The van der Waals surface area contributed by atoms with E-state index in [1.54, 1.807) is 0 Å². The molecule has 20 heavy (non-hydrogen) atoms. The lowest BCUT2D eigenvalue weighted by Gasteiger charge is -2.39. The van der Waals surface area contributed by atoms with Gasteiger partial charge in [-0.1, -0.05) is 0 Å². The molecule has 4 saturated carbocycles. The van der Waals surface area contributed by atoms with Crippen molar-refractivity contribution in [3.63, 3.8) is 0 Å². The van der Waals surface area contributed by atoms with Crippen LogP contribution in [0.25, 0.3) is 0 Å². The summed E-state index contributed by atoms with van der Waals surface area (Å²) in [6.45, 7) is 0. The van der Waals surface area contributed by atoms with Crippen LogP contribution in [0.15, 0.2) is 0 Å². The zero-order chi connectivity index (χ0) is 14.3. The van der Waals surface area contributed by atoms with Crippen LogP contribution in [-0.2, 0) is 10.1 Å². The molecule has 7 unspecified atom stereocenters. The van der Waals surface area contributed by atoms with Crippen molar-refractivity contribution >= 4 is 10.1 Å². The third kappa shape index (κ3) is 1.67. The second kappa shape index (κ2) is 3.94. The minimum Gasteiger partial charge on any atom is -0.281 e. The highest BCUT2D eigenvalue weighted by Gasteiger charge is 2.63. The van der Waals surface area contributed by atoms with Gasteiger partial charge in [-0.15, -0.1) is 0 Å². The molecule has 6 heteroatoms. The molecule has 0 amide bonds. The van der Waals surface area contributed by atoms with Crippen molar-refractivity contribution in [1.82, 2.24) is 0 Å². The first-order valence-corrected chi connectivity index (χ1v) is 9.07. The van der Waals surface area contributed by atoms with Crippen LogP contribution in [0.1, 0.15) is 38.5 Å². The van der Waals surface area contributed by atoms with Crippen LogP contribution in [0.4, 0.5) is 8.78 Å². The number of fused-ring (bicyclic) bond motifs is 9. The van der Waals surface area contributed by atoms with Gasteiger partial charge in [-0.2, -0.15) is 17.2 Å². The Morgan fingerprint density at radius 2 is 1.65 bits per heavy atom. The van der Waals surface area contributed by atoms with E-state index < -0.39 is 21.8 Å². The number of hydrogen-bond donors (Lipinski definition) is 1. The fraction of sp³-hybridized carbons (Fsp3) is 1.00. The number of hydrogen-bond acceptors (Lipinski definition) is 2. The number of halogens is 2. The second-order valence-electron chi connectivity index (χ2n) is 7.46. The molecule has 114 valence electrons. The minimum atomic E-state index is -5.27. The van der Waals surface area contributed by atoms with Crippen LogP contribution >= 0.6 is 0 Å². The summed E-state index contributed by atoms with van der Waals surface area (Å²) in [6, 6.07) is 0. The minimum absolute atomic E-state index is 0.225. The normalized spacial score (nSPS) is 49.9. The zero-order valence-electron chi connectivity index (χ0n) is 11.2. The molecule has 0 saturated heterocycles. The number of alkyl halides is 2. The Morgan fingerprint density at radius 3 is 2.30 bits per heavy atom. The highest BCUT2D eigenvalue weighted by molar-refractivity contribution is 7.86. The Labute approximate surface area is 117 Å². The maximum absolute atomic E-state index is 13.6. The summed E-state index contributed by atoms with van der Waals surface area (Å²) in [5.41, 5.74) is 0. The molecule has 1 N–H and O–H groups in total. The Bertz CT molecular complexity index is 533. The van der Waals surface area contributed by atoms with Crippen molar-refractivity contribution in [2.45, 2.75) is 43.8 Å². The molecule has 4 rings (SSSR count). The van der Waals surface area contributed by atoms with Gasteiger partial charge >= 0.3 is 15.4 Å². The molecular weight excluding hydrogens is 286 g/mol. The number of rotatable bonds is 3. The van der Waals surface area contributed by atoms with Crippen molar-refractivity contribution in [3.05, 3.63) is 0 Å². The third-order valence-electron chi connectivity index (χ3n) is 6.75. The predicted molar refractivity (Wildman–Crippen MR) is 68.6 cm³/mol. The van der Waals surface area contributed by atoms with Crippen molar-refractivity contribution in [2.24, 2.45) is 41.4 Å². The average molecular weight is 306 g/mol. The van der Waals surface area contributed by atoms with E-state index in [4.69, 9.17) is 4.55 Å². The molecule has 0 aromatic rings. The van der Waals surface area contributed by atoms with E-state index in [-0.39, 0.29) is 11.8 Å². The van der Waals surface area contributed by atoms with Gasteiger partial charge in [0.05, 0.1) is 0 Å². The Kier molecular flexibility index (Phi) is 2.65. The third-order valence-corrected chi connectivity index (χ3v) is 7.67. The van der Waals surface area contributed by atoms with E-state index in [0.717, 1.165) is 24.7 Å². The maximum atomic E-state index is 13.6. The lowest BCUT2D eigenvalue weighted by Crippen LogP contribution is -2.37. The highest BCUT2D eigenvalue weighted by atomic mass is 32.2. The molecular formula is C14H20F2O3S. The van der Waals surface area contributed by atoms with Crippen LogP contribution in [0.5, 0.6) is 0 Å². The van der Waals surface area contributed by atoms with E-state index in [9.17, 15) is 17.2 Å². The Morgan fingerprint density at radius 1 is 1.00 bits per heavy atom. The van der Waals surface area contributed by atoms with Crippen LogP contribution in [-0.4, -0.2) is 18.2 Å². The summed E-state index contributed by atoms with van der Waals surface area (Å²) < 4.78 is 57.5. The van der Waals surface area contributed by atoms with Gasteiger partial charge in [0.15, 0.2) is 0 Å². The van der Waals surface area contributed by atoms with E-state index in [0.29, 0.717) is 17.8 Å². The molecule has 3 nitrogen and oxygen atoms in total.